The van der Waals surface area contributed by atoms with E-state index in [1.165, 1.54) is 22.9 Å². The van der Waals surface area contributed by atoms with Gasteiger partial charge in [-0.25, -0.2) is 4.98 Å². The quantitative estimate of drug-likeness (QED) is 0.773. The second-order valence-corrected chi connectivity index (χ2v) is 5.59. The second kappa shape index (κ2) is 5.00. The maximum Gasteiger partial charge on any atom is 0.140 e. The lowest BCUT2D eigenvalue weighted by Gasteiger charge is -2.20. The molecule has 1 aliphatic heterocycles. The molecule has 1 saturated heterocycles. The molecule has 0 aromatic carbocycles. The van der Waals surface area contributed by atoms with E-state index in [1.807, 2.05) is 18.6 Å². The van der Waals surface area contributed by atoms with Crippen molar-refractivity contribution >= 4 is 27.6 Å². The van der Waals surface area contributed by atoms with Gasteiger partial charge in [0.05, 0.1) is 17.1 Å². The topological polar surface area (TPSA) is 56.8 Å². The third kappa shape index (κ3) is 2.05. The van der Waals surface area contributed by atoms with Crippen molar-refractivity contribution in [3.8, 4) is 0 Å². The van der Waals surface area contributed by atoms with Gasteiger partial charge in [0.2, 0.25) is 0 Å². The highest BCUT2D eigenvalue weighted by molar-refractivity contribution is 6.11. The van der Waals surface area contributed by atoms with E-state index in [4.69, 9.17) is 0 Å². The van der Waals surface area contributed by atoms with E-state index >= 15 is 0 Å². The second-order valence-electron chi connectivity index (χ2n) is 5.59. The molecule has 3 aromatic heterocycles. The first-order valence-electron chi connectivity index (χ1n) is 7.55. The number of hydrogen-bond donors (Lipinski definition) is 2. The van der Waals surface area contributed by atoms with Gasteiger partial charge >= 0.3 is 0 Å². The summed E-state index contributed by atoms with van der Waals surface area (Å²) >= 11 is 0. The molecule has 5 nitrogen and oxygen atoms in total. The van der Waals surface area contributed by atoms with Crippen molar-refractivity contribution in [2.75, 3.05) is 24.5 Å². The summed E-state index contributed by atoms with van der Waals surface area (Å²) in [7, 11) is 0. The predicted octanol–water partition coefficient (Wildman–Crippen LogP) is 2.30. The number of anilines is 1. The van der Waals surface area contributed by atoms with Crippen LogP contribution in [0.25, 0.3) is 21.9 Å². The first kappa shape index (κ1) is 12.6. The molecule has 3 aromatic rings. The number of likely N-dealkylation sites (N-methyl/N-ethyl adjacent to an activating group) is 1. The highest BCUT2D eigenvalue weighted by atomic mass is 15.2. The van der Waals surface area contributed by atoms with Crippen LogP contribution in [0, 0.1) is 0 Å². The minimum Gasteiger partial charge on any atom is -0.369 e. The fourth-order valence-corrected chi connectivity index (χ4v) is 3.35. The van der Waals surface area contributed by atoms with Gasteiger partial charge in [0.25, 0.3) is 0 Å². The number of hydrogen-bond acceptors (Lipinski definition) is 4. The Hall–Kier alpha value is -2.14. The number of pyridine rings is 2. The molecule has 21 heavy (non-hydrogen) atoms. The molecule has 1 aliphatic rings. The minimum atomic E-state index is 0.588. The van der Waals surface area contributed by atoms with E-state index in [0.29, 0.717) is 6.04 Å². The summed E-state index contributed by atoms with van der Waals surface area (Å²) in [5, 5.41) is 5.97. The van der Waals surface area contributed by atoms with Crippen molar-refractivity contribution in [3.63, 3.8) is 0 Å². The Morgan fingerprint density at radius 2 is 2.33 bits per heavy atom. The number of fused-ring (bicyclic) bond motifs is 3. The molecule has 108 valence electrons. The summed E-state index contributed by atoms with van der Waals surface area (Å²) in [6.45, 7) is 5.35. The number of H-pyrrole nitrogens is 1. The largest absolute Gasteiger partial charge is 0.369 e. The van der Waals surface area contributed by atoms with Crippen LogP contribution >= 0.6 is 0 Å². The van der Waals surface area contributed by atoms with E-state index in [2.05, 4.69) is 44.2 Å². The highest BCUT2D eigenvalue weighted by Gasteiger charge is 2.24. The van der Waals surface area contributed by atoms with E-state index < -0.39 is 0 Å². The molecule has 5 heteroatoms. The van der Waals surface area contributed by atoms with Crippen molar-refractivity contribution in [2.24, 2.45) is 0 Å². The van der Waals surface area contributed by atoms with Gasteiger partial charge in [0.15, 0.2) is 0 Å². The highest BCUT2D eigenvalue weighted by Crippen LogP contribution is 2.33. The number of aromatic nitrogens is 3. The molecule has 4 rings (SSSR count). The van der Waals surface area contributed by atoms with Gasteiger partial charge in [-0.15, -0.1) is 0 Å². The van der Waals surface area contributed by atoms with Gasteiger partial charge in [0, 0.05) is 42.6 Å². The van der Waals surface area contributed by atoms with Crippen LogP contribution in [-0.2, 0) is 0 Å². The van der Waals surface area contributed by atoms with Gasteiger partial charge in [-0.3, -0.25) is 4.98 Å². The number of nitrogens with zero attached hydrogens (tertiary/aromatic N) is 3. The number of aromatic amines is 1. The van der Waals surface area contributed by atoms with Crippen molar-refractivity contribution < 1.29 is 0 Å². The summed E-state index contributed by atoms with van der Waals surface area (Å²) in [6, 6.07) is 4.78. The van der Waals surface area contributed by atoms with Crippen LogP contribution < -0.4 is 10.2 Å². The number of nitrogens with one attached hydrogen (secondary N) is 2. The molecule has 0 aliphatic carbocycles. The van der Waals surface area contributed by atoms with E-state index in [1.54, 1.807) is 0 Å². The lowest BCUT2D eigenvalue weighted by atomic mass is 10.2. The summed E-state index contributed by atoms with van der Waals surface area (Å²) < 4.78 is 0. The van der Waals surface area contributed by atoms with Gasteiger partial charge in [-0.05, 0) is 25.1 Å². The van der Waals surface area contributed by atoms with Crippen molar-refractivity contribution in [1.82, 2.24) is 20.3 Å². The number of rotatable bonds is 3. The Morgan fingerprint density at radius 1 is 1.38 bits per heavy atom. The molecule has 0 amide bonds. The maximum atomic E-state index is 4.48. The predicted molar refractivity (Wildman–Crippen MR) is 85.7 cm³/mol. The Bertz CT molecular complexity index is 779. The van der Waals surface area contributed by atoms with Crippen LogP contribution in [0.4, 0.5) is 5.69 Å². The molecule has 1 unspecified atom stereocenters. The molecule has 0 bridgehead atoms. The molecule has 0 radical (unpaired) electrons. The summed E-state index contributed by atoms with van der Waals surface area (Å²) in [4.78, 5) is 14.5. The Kier molecular flexibility index (Phi) is 3.00. The van der Waals surface area contributed by atoms with Crippen LogP contribution in [-0.4, -0.2) is 40.6 Å². The van der Waals surface area contributed by atoms with Crippen molar-refractivity contribution in [2.45, 2.75) is 19.4 Å². The zero-order valence-electron chi connectivity index (χ0n) is 12.1. The minimum absolute atomic E-state index is 0.588. The van der Waals surface area contributed by atoms with Crippen LogP contribution in [0.3, 0.4) is 0 Å². The third-order valence-electron chi connectivity index (χ3n) is 4.29. The zero-order valence-corrected chi connectivity index (χ0v) is 12.1. The van der Waals surface area contributed by atoms with Crippen LogP contribution in [0.15, 0.2) is 30.7 Å². The van der Waals surface area contributed by atoms with E-state index in [0.717, 1.165) is 30.8 Å². The Balaban J connectivity index is 1.82. The van der Waals surface area contributed by atoms with Gasteiger partial charge < -0.3 is 15.2 Å². The third-order valence-corrected chi connectivity index (χ3v) is 4.29. The van der Waals surface area contributed by atoms with Gasteiger partial charge in [-0.1, -0.05) is 6.92 Å². The van der Waals surface area contributed by atoms with Gasteiger partial charge in [0.1, 0.15) is 5.65 Å². The molecule has 4 heterocycles. The summed E-state index contributed by atoms with van der Waals surface area (Å²) in [5.74, 6) is 0. The van der Waals surface area contributed by atoms with Gasteiger partial charge in [-0.2, -0.15) is 0 Å². The zero-order chi connectivity index (χ0) is 14.2. The molecule has 0 spiro atoms. The first-order chi connectivity index (χ1) is 10.4. The van der Waals surface area contributed by atoms with E-state index in [9.17, 15) is 0 Å². The standard InChI is InChI=1S/C16H19N5/c1-2-18-11-5-8-21(10-11)14-4-7-19-16-15(14)12-3-6-17-9-13(12)20-16/h3-4,6-7,9,11,18H,2,5,8,10H2,1H3,(H,19,20). The molecule has 2 N–H and O–H groups in total. The van der Waals surface area contributed by atoms with Crippen LogP contribution in [0.2, 0.25) is 0 Å². The fourth-order valence-electron chi connectivity index (χ4n) is 3.35. The lowest BCUT2D eigenvalue weighted by molar-refractivity contribution is 0.572. The maximum absolute atomic E-state index is 4.48. The van der Waals surface area contributed by atoms with Crippen molar-refractivity contribution in [3.05, 3.63) is 30.7 Å². The van der Waals surface area contributed by atoms with E-state index in [-0.39, 0.29) is 0 Å². The molecular formula is C16H19N5. The lowest BCUT2D eigenvalue weighted by Crippen LogP contribution is -2.32. The smallest absolute Gasteiger partial charge is 0.140 e. The van der Waals surface area contributed by atoms with Crippen LogP contribution in [0.1, 0.15) is 13.3 Å². The average molecular weight is 281 g/mol. The Morgan fingerprint density at radius 3 is 3.24 bits per heavy atom. The summed E-state index contributed by atoms with van der Waals surface area (Å²) in [6.07, 6.45) is 6.80. The normalized spacial score (nSPS) is 18.9. The monoisotopic (exact) mass is 281 g/mol. The summed E-state index contributed by atoms with van der Waals surface area (Å²) in [5.41, 5.74) is 3.27. The Labute approximate surface area is 123 Å². The average Bonchev–Trinajstić information content (AvgIpc) is 3.11. The molecule has 1 atom stereocenters. The van der Waals surface area contributed by atoms with Crippen LogP contribution in [0.5, 0.6) is 0 Å². The first-order valence-corrected chi connectivity index (χ1v) is 7.55. The van der Waals surface area contributed by atoms with Crippen molar-refractivity contribution in [1.29, 1.82) is 0 Å². The molecule has 1 fully saturated rings. The molecule has 0 saturated carbocycles. The fraction of sp³-hybridized carbons (Fsp3) is 0.375. The SMILES string of the molecule is CCNC1CCN(c2ccnc3[nH]c4cnccc4c23)C1. The molecular weight excluding hydrogens is 262 g/mol.